The third-order valence-corrected chi connectivity index (χ3v) is 8.97. The van der Waals surface area contributed by atoms with Crippen LogP contribution in [0.3, 0.4) is 0 Å². The molecule has 5 saturated carbocycles. The van der Waals surface area contributed by atoms with Crippen LogP contribution in [0.1, 0.15) is 89.0 Å². The van der Waals surface area contributed by atoms with Gasteiger partial charge in [-0.15, -0.1) is 0 Å². The average molecular weight is 424 g/mol. The maximum absolute atomic E-state index is 13.1. The van der Waals surface area contributed by atoms with Crippen molar-refractivity contribution in [2.24, 2.45) is 29.1 Å². The average Bonchev–Trinajstić information content (AvgIpc) is 3.54. The summed E-state index contributed by atoms with van der Waals surface area (Å²) in [5, 5.41) is 3.30. The number of hydrogen-bond acceptors (Lipinski definition) is 2. The molecule has 0 aromatic carbocycles. The summed E-state index contributed by atoms with van der Waals surface area (Å²) >= 11 is 0. The molecule has 2 atom stereocenters. The Labute approximate surface area is 188 Å². The Bertz CT molecular complexity index is 713. The van der Waals surface area contributed by atoms with Crippen molar-refractivity contribution in [1.82, 2.24) is 15.2 Å². The lowest BCUT2D eigenvalue weighted by Crippen LogP contribution is -2.48. The molecule has 1 N–H and O–H groups in total. The smallest absolute Gasteiger partial charge is 0.317 e. The van der Waals surface area contributed by atoms with Gasteiger partial charge in [-0.3, -0.25) is 4.98 Å². The van der Waals surface area contributed by atoms with Crippen LogP contribution in [0.5, 0.6) is 0 Å². The van der Waals surface area contributed by atoms with E-state index in [9.17, 15) is 4.79 Å². The van der Waals surface area contributed by atoms with Crippen molar-refractivity contribution in [3.05, 3.63) is 30.1 Å². The summed E-state index contributed by atoms with van der Waals surface area (Å²) in [5.41, 5.74) is 1.93. The third-order valence-electron chi connectivity index (χ3n) is 8.97. The van der Waals surface area contributed by atoms with Gasteiger partial charge in [0.2, 0.25) is 0 Å². The molecule has 4 nitrogen and oxygen atoms in total. The maximum Gasteiger partial charge on any atom is 0.317 e. The number of hydrogen-bond donors (Lipinski definition) is 1. The standard InChI is InChI=1S/C27H41N3O/c1-2-3-4-10-30(11-7-27-16-20-12-21(17-27)14-22(13-20)18-27)26(31)29-19-24-15-25(24)23-5-8-28-9-6-23/h5-6,8-9,20-22,24-25H,2-4,7,10-19H2,1H3,(H,29,31)/t20?,21?,22?,24-,25+,27?/m0/s1. The molecule has 170 valence electrons. The third kappa shape index (κ3) is 4.93. The quantitative estimate of drug-likeness (QED) is 0.470. The normalized spacial score (nSPS) is 35.2. The molecule has 0 spiro atoms. The van der Waals surface area contributed by atoms with Crippen LogP contribution >= 0.6 is 0 Å². The van der Waals surface area contributed by atoms with E-state index >= 15 is 0 Å². The Balaban J connectivity index is 1.13. The van der Waals surface area contributed by atoms with Crippen LogP contribution < -0.4 is 5.32 Å². The molecule has 0 unspecified atom stereocenters. The predicted octanol–water partition coefficient (Wildman–Crippen LogP) is 5.99. The molecule has 0 aliphatic heterocycles. The van der Waals surface area contributed by atoms with Crippen LogP contribution in [0.2, 0.25) is 0 Å². The highest BCUT2D eigenvalue weighted by molar-refractivity contribution is 5.74. The number of urea groups is 1. The van der Waals surface area contributed by atoms with Gasteiger partial charge < -0.3 is 10.2 Å². The minimum Gasteiger partial charge on any atom is -0.338 e. The fraction of sp³-hybridized carbons (Fsp3) is 0.778. The van der Waals surface area contributed by atoms with Gasteiger partial charge in [-0.2, -0.15) is 0 Å². The van der Waals surface area contributed by atoms with E-state index in [-0.39, 0.29) is 6.03 Å². The molecule has 4 bridgehead atoms. The van der Waals surface area contributed by atoms with E-state index in [2.05, 4.69) is 34.3 Å². The Kier molecular flexibility index (Phi) is 6.25. The summed E-state index contributed by atoms with van der Waals surface area (Å²) in [5.74, 6) is 4.17. The number of unbranched alkanes of at least 4 members (excludes halogenated alkanes) is 2. The highest BCUT2D eigenvalue weighted by atomic mass is 16.2. The second-order valence-electron chi connectivity index (χ2n) is 11.4. The zero-order valence-corrected chi connectivity index (χ0v) is 19.4. The fourth-order valence-corrected chi connectivity index (χ4v) is 7.66. The predicted molar refractivity (Wildman–Crippen MR) is 125 cm³/mol. The lowest BCUT2D eigenvalue weighted by atomic mass is 9.49. The highest BCUT2D eigenvalue weighted by Crippen LogP contribution is 2.61. The van der Waals surface area contributed by atoms with E-state index in [1.54, 1.807) is 0 Å². The molecule has 5 aliphatic carbocycles. The largest absolute Gasteiger partial charge is 0.338 e. The molecular weight excluding hydrogens is 382 g/mol. The van der Waals surface area contributed by atoms with Gasteiger partial charge in [0.15, 0.2) is 0 Å². The molecule has 2 amide bonds. The summed E-state index contributed by atoms with van der Waals surface area (Å²) in [6, 6.07) is 4.42. The topological polar surface area (TPSA) is 45.2 Å². The van der Waals surface area contributed by atoms with Crippen LogP contribution in [0.4, 0.5) is 4.79 Å². The number of pyridine rings is 1. The lowest BCUT2D eigenvalue weighted by Gasteiger charge is -2.57. The van der Waals surface area contributed by atoms with E-state index in [1.807, 2.05) is 12.4 Å². The van der Waals surface area contributed by atoms with Gasteiger partial charge in [0.1, 0.15) is 0 Å². The van der Waals surface area contributed by atoms with Gasteiger partial charge in [-0.25, -0.2) is 4.79 Å². The monoisotopic (exact) mass is 423 g/mol. The van der Waals surface area contributed by atoms with Crippen molar-refractivity contribution in [3.63, 3.8) is 0 Å². The molecule has 5 aliphatic rings. The van der Waals surface area contributed by atoms with Crippen LogP contribution in [0.15, 0.2) is 24.5 Å². The molecule has 0 radical (unpaired) electrons. The molecular formula is C27H41N3O. The second kappa shape index (κ2) is 9.11. The summed E-state index contributed by atoms with van der Waals surface area (Å²) in [6.07, 6.45) is 18.6. The minimum atomic E-state index is 0.182. The second-order valence-corrected chi connectivity index (χ2v) is 11.4. The van der Waals surface area contributed by atoms with Gasteiger partial charge in [-0.05, 0) is 110 Å². The van der Waals surface area contributed by atoms with E-state index in [0.29, 0.717) is 17.3 Å². The Morgan fingerprint density at radius 3 is 2.35 bits per heavy atom. The van der Waals surface area contributed by atoms with E-state index in [1.165, 1.54) is 69.8 Å². The summed E-state index contributed by atoms with van der Waals surface area (Å²) in [7, 11) is 0. The number of carbonyl (C=O) groups excluding carboxylic acids is 1. The van der Waals surface area contributed by atoms with E-state index in [4.69, 9.17) is 0 Å². The van der Waals surface area contributed by atoms with Gasteiger partial charge in [0.05, 0.1) is 0 Å². The number of rotatable bonds is 10. The number of nitrogens with zero attached hydrogens (tertiary/aromatic N) is 2. The van der Waals surface area contributed by atoms with Gasteiger partial charge in [-0.1, -0.05) is 19.8 Å². The van der Waals surface area contributed by atoms with Gasteiger partial charge in [0, 0.05) is 32.0 Å². The van der Waals surface area contributed by atoms with Crippen molar-refractivity contribution in [2.45, 2.75) is 83.5 Å². The van der Waals surface area contributed by atoms with Gasteiger partial charge in [0.25, 0.3) is 0 Å². The van der Waals surface area contributed by atoms with Crippen LogP contribution in [0.25, 0.3) is 0 Å². The maximum atomic E-state index is 13.1. The summed E-state index contributed by atoms with van der Waals surface area (Å²) in [6.45, 7) is 4.93. The molecule has 1 aromatic heterocycles. The first-order valence-corrected chi connectivity index (χ1v) is 13.1. The molecule has 1 heterocycles. The first-order chi connectivity index (χ1) is 15.1. The molecule has 0 saturated heterocycles. The summed E-state index contributed by atoms with van der Waals surface area (Å²) in [4.78, 5) is 19.4. The first-order valence-electron chi connectivity index (χ1n) is 13.1. The number of aromatic nitrogens is 1. The number of amides is 2. The molecule has 31 heavy (non-hydrogen) atoms. The van der Waals surface area contributed by atoms with Crippen molar-refractivity contribution in [1.29, 1.82) is 0 Å². The molecule has 6 rings (SSSR count). The number of carbonyl (C=O) groups is 1. The Morgan fingerprint density at radius 1 is 1.03 bits per heavy atom. The zero-order chi connectivity index (χ0) is 21.3. The SMILES string of the molecule is CCCCCN(CCC12CC3CC(CC(C3)C1)C2)C(=O)NC[C@@H]1C[C@@H]1c1ccncc1. The van der Waals surface area contributed by atoms with Crippen LogP contribution in [0, 0.1) is 29.1 Å². The highest BCUT2D eigenvalue weighted by Gasteiger charge is 2.50. The zero-order valence-electron chi connectivity index (χ0n) is 19.4. The Morgan fingerprint density at radius 2 is 1.71 bits per heavy atom. The van der Waals surface area contributed by atoms with Gasteiger partial charge >= 0.3 is 6.03 Å². The van der Waals surface area contributed by atoms with Crippen molar-refractivity contribution >= 4 is 6.03 Å². The summed E-state index contributed by atoms with van der Waals surface area (Å²) < 4.78 is 0. The van der Waals surface area contributed by atoms with E-state index in [0.717, 1.165) is 43.8 Å². The van der Waals surface area contributed by atoms with Crippen molar-refractivity contribution in [2.75, 3.05) is 19.6 Å². The fourth-order valence-electron chi connectivity index (χ4n) is 7.66. The van der Waals surface area contributed by atoms with Crippen molar-refractivity contribution < 1.29 is 4.79 Å². The van der Waals surface area contributed by atoms with Crippen LogP contribution in [-0.2, 0) is 0 Å². The molecule has 1 aromatic rings. The van der Waals surface area contributed by atoms with E-state index < -0.39 is 0 Å². The molecule has 4 heteroatoms. The minimum absolute atomic E-state index is 0.182. The van der Waals surface area contributed by atoms with Crippen LogP contribution in [-0.4, -0.2) is 35.5 Å². The number of nitrogens with one attached hydrogen (secondary N) is 1. The Hall–Kier alpha value is -1.58. The first kappa shape index (κ1) is 21.3. The molecule has 5 fully saturated rings. The van der Waals surface area contributed by atoms with Crippen molar-refractivity contribution in [3.8, 4) is 0 Å². The lowest BCUT2D eigenvalue weighted by molar-refractivity contribution is -0.0596.